The number of hydrogen-bond donors (Lipinski definition) is 4. The molecule has 9 nitrogen and oxygen atoms in total. The lowest BCUT2D eigenvalue weighted by Crippen LogP contribution is -2.41. The molecule has 158 valence electrons. The number of aromatic nitrogens is 3. The number of anilines is 1. The Morgan fingerprint density at radius 3 is 2.67 bits per heavy atom. The molecule has 1 unspecified atom stereocenters. The smallest absolute Gasteiger partial charge is 0.315 e. The zero-order valence-electron chi connectivity index (χ0n) is 17.0. The van der Waals surface area contributed by atoms with Gasteiger partial charge in [-0.05, 0) is 24.6 Å². The van der Waals surface area contributed by atoms with Gasteiger partial charge in [0.25, 0.3) is 0 Å². The van der Waals surface area contributed by atoms with Crippen molar-refractivity contribution in [3.05, 3.63) is 66.2 Å². The van der Waals surface area contributed by atoms with Crippen molar-refractivity contribution in [1.29, 1.82) is 0 Å². The summed E-state index contributed by atoms with van der Waals surface area (Å²) in [6, 6.07) is 14.2. The van der Waals surface area contributed by atoms with Crippen molar-refractivity contribution in [2.75, 3.05) is 32.1 Å². The number of amides is 2. The van der Waals surface area contributed by atoms with Crippen molar-refractivity contribution in [2.24, 2.45) is 0 Å². The number of carbonyl (C=O) groups excluding carboxylic acids is 1. The number of ether oxygens (including phenoxy) is 1. The summed E-state index contributed by atoms with van der Waals surface area (Å²) in [7, 11) is 1.60. The maximum atomic E-state index is 12.1. The Kier molecular flexibility index (Phi) is 7.23. The van der Waals surface area contributed by atoms with Crippen molar-refractivity contribution in [3.8, 4) is 11.4 Å². The minimum Gasteiger partial charge on any atom is -0.494 e. The molecule has 0 saturated heterocycles. The molecular formula is C21H26N6O3. The van der Waals surface area contributed by atoms with Gasteiger partial charge >= 0.3 is 6.03 Å². The SMILES string of the molecule is COc1cc(NCCNC(=O)NC(CO)c2ccccc2)ccc1-n1cnc(C)n1. The summed E-state index contributed by atoms with van der Waals surface area (Å²) in [6.07, 6.45) is 1.64. The normalized spacial score (nSPS) is 11.6. The molecular weight excluding hydrogens is 384 g/mol. The molecule has 0 spiro atoms. The monoisotopic (exact) mass is 410 g/mol. The van der Waals surface area contributed by atoms with Crippen LogP contribution in [0.25, 0.3) is 5.69 Å². The van der Waals surface area contributed by atoms with Gasteiger partial charge in [0.15, 0.2) is 0 Å². The second kappa shape index (κ2) is 10.3. The molecule has 0 bridgehead atoms. The molecule has 0 radical (unpaired) electrons. The van der Waals surface area contributed by atoms with Crippen LogP contribution in [0.15, 0.2) is 54.9 Å². The van der Waals surface area contributed by atoms with Gasteiger partial charge in [0.05, 0.1) is 19.8 Å². The second-order valence-corrected chi connectivity index (χ2v) is 6.60. The number of methoxy groups -OCH3 is 1. The molecule has 0 saturated carbocycles. The van der Waals surface area contributed by atoms with Crippen molar-refractivity contribution in [3.63, 3.8) is 0 Å². The number of nitrogens with zero attached hydrogens (tertiary/aromatic N) is 3. The molecule has 2 amide bonds. The Morgan fingerprint density at radius 1 is 1.20 bits per heavy atom. The molecule has 3 rings (SSSR count). The van der Waals surface area contributed by atoms with E-state index < -0.39 is 6.04 Å². The van der Waals surface area contributed by atoms with E-state index in [0.717, 1.165) is 16.9 Å². The Balaban J connectivity index is 1.48. The van der Waals surface area contributed by atoms with Crippen LogP contribution in [0.1, 0.15) is 17.4 Å². The standard InChI is InChI=1S/C21H26N6O3/c1-15-24-14-27(26-15)19-9-8-17(12-20(19)30-2)22-10-11-23-21(29)25-18(13-28)16-6-4-3-5-7-16/h3-9,12,14,18,22,28H,10-11,13H2,1-2H3,(H2,23,25,29). The van der Waals surface area contributed by atoms with Gasteiger partial charge in [-0.2, -0.15) is 5.10 Å². The molecule has 4 N–H and O–H groups in total. The number of hydrogen-bond acceptors (Lipinski definition) is 6. The summed E-state index contributed by atoms with van der Waals surface area (Å²) in [4.78, 5) is 16.2. The summed E-state index contributed by atoms with van der Waals surface area (Å²) in [5, 5.41) is 22.6. The van der Waals surface area contributed by atoms with Gasteiger partial charge in [0, 0.05) is 24.8 Å². The van der Waals surface area contributed by atoms with Gasteiger partial charge in [0.2, 0.25) is 0 Å². The minimum absolute atomic E-state index is 0.173. The Bertz CT molecular complexity index is 960. The fourth-order valence-electron chi connectivity index (χ4n) is 2.95. The topological polar surface area (TPSA) is 113 Å². The molecule has 0 aliphatic heterocycles. The molecule has 0 aliphatic rings. The number of benzene rings is 2. The van der Waals surface area contributed by atoms with E-state index in [-0.39, 0.29) is 12.6 Å². The summed E-state index contributed by atoms with van der Waals surface area (Å²) < 4.78 is 7.12. The maximum absolute atomic E-state index is 12.1. The van der Waals surface area contributed by atoms with Crippen molar-refractivity contribution in [1.82, 2.24) is 25.4 Å². The molecule has 0 fully saturated rings. The lowest BCUT2D eigenvalue weighted by molar-refractivity contribution is 0.217. The van der Waals surface area contributed by atoms with Crippen LogP contribution in [0.3, 0.4) is 0 Å². The quantitative estimate of drug-likeness (QED) is 0.402. The number of urea groups is 1. The van der Waals surface area contributed by atoms with E-state index in [1.165, 1.54) is 0 Å². The summed E-state index contributed by atoms with van der Waals surface area (Å²) in [5.41, 5.74) is 2.49. The number of carbonyl (C=O) groups is 1. The third-order valence-corrected chi connectivity index (χ3v) is 4.46. The van der Waals surface area contributed by atoms with Crippen LogP contribution in [0, 0.1) is 6.92 Å². The van der Waals surface area contributed by atoms with Gasteiger partial charge in [-0.3, -0.25) is 0 Å². The predicted octanol–water partition coefficient (Wildman–Crippen LogP) is 2.03. The average Bonchev–Trinajstić information content (AvgIpc) is 3.21. The van der Waals surface area contributed by atoms with Gasteiger partial charge in [0.1, 0.15) is 23.6 Å². The minimum atomic E-state index is -0.448. The first-order chi connectivity index (χ1) is 14.6. The van der Waals surface area contributed by atoms with Crippen molar-refractivity contribution in [2.45, 2.75) is 13.0 Å². The number of aryl methyl sites for hydroxylation is 1. The van der Waals surface area contributed by atoms with Crippen LogP contribution in [0.4, 0.5) is 10.5 Å². The molecule has 0 aliphatic carbocycles. The van der Waals surface area contributed by atoms with E-state index in [2.05, 4.69) is 26.0 Å². The van der Waals surface area contributed by atoms with E-state index in [1.807, 2.05) is 55.5 Å². The number of nitrogens with one attached hydrogen (secondary N) is 3. The molecule has 1 heterocycles. The molecule has 1 aromatic heterocycles. The van der Waals surface area contributed by atoms with E-state index in [9.17, 15) is 9.90 Å². The van der Waals surface area contributed by atoms with Gasteiger partial charge in [-0.15, -0.1) is 0 Å². The third-order valence-electron chi connectivity index (χ3n) is 4.46. The third kappa shape index (κ3) is 5.48. The second-order valence-electron chi connectivity index (χ2n) is 6.60. The Morgan fingerprint density at radius 2 is 2.00 bits per heavy atom. The fourth-order valence-corrected chi connectivity index (χ4v) is 2.95. The number of aliphatic hydroxyl groups excluding tert-OH is 1. The van der Waals surface area contributed by atoms with Crippen LogP contribution in [0.2, 0.25) is 0 Å². The largest absolute Gasteiger partial charge is 0.494 e. The molecule has 30 heavy (non-hydrogen) atoms. The van der Waals surface area contributed by atoms with Crippen LogP contribution in [-0.4, -0.2) is 52.7 Å². The highest BCUT2D eigenvalue weighted by Gasteiger charge is 2.13. The number of aliphatic hydroxyl groups is 1. The van der Waals surface area contributed by atoms with Gasteiger partial charge in [-0.25, -0.2) is 14.5 Å². The highest BCUT2D eigenvalue weighted by atomic mass is 16.5. The zero-order valence-corrected chi connectivity index (χ0v) is 17.0. The number of rotatable bonds is 9. The maximum Gasteiger partial charge on any atom is 0.315 e. The molecule has 2 aromatic carbocycles. The Hall–Kier alpha value is -3.59. The lowest BCUT2D eigenvalue weighted by Gasteiger charge is -2.17. The van der Waals surface area contributed by atoms with Crippen LogP contribution in [0.5, 0.6) is 5.75 Å². The fraction of sp³-hybridized carbons (Fsp3) is 0.286. The summed E-state index contributed by atoms with van der Waals surface area (Å²) in [6.45, 7) is 2.58. The first-order valence-corrected chi connectivity index (χ1v) is 9.61. The lowest BCUT2D eigenvalue weighted by atomic mass is 10.1. The van der Waals surface area contributed by atoms with Crippen LogP contribution >= 0.6 is 0 Å². The van der Waals surface area contributed by atoms with Crippen molar-refractivity contribution < 1.29 is 14.6 Å². The zero-order chi connectivity index (χ0) is 21.3. The highest BCUT2D eigenvalue weighted by molar-refractivity contribution is 5.74. The van der Waals surface area contributed by atoms with E-state index in [0.29, 0.717) is 24.7 Å². The van der Waals surface area contributed by atoms with Gasteiger partial charge < -0.3 is 25.8 Å². The molecule has 3 aromatic rings. The van der Waals surface area contributed by atoms with E-state index in [4.69, 9.17) is 4.74 Å². The molecule has 1 atom stereocenters. The highest BCUT2D eigenvalue weighted by Crippen LogP contribution is 2.26. The summed E-state index contributed by atoms with van der Waals surface area (Å²) in [5.74, 6) is 1.34. The first kappa shape index (κ1) is 21.1. The molecule has 9 heteroatoms. The van der Waals surface area contributed by atoms with Crippen molar-refractivity contribution >= 4 is 11.7 Å². The van der Waals surface area contributed by atoms with E-state index >= 15 is 0 Å². The summed E-state index contributed by atoms with van der Waals surface area (Å²) >= 11 is 0. The predicted molar refractivity (Wildman–Crippen MR) is 114 cm³/mol. The van der Waals surface area contributed by atoms with Crippen LogP contribution < -0.4 is 20.7 Å². The first-order valence-electron chi connectivity index (χ1n) is 9.61. The van der Waals surface area contributed by atoms with E-state index in [1.54, 1.807) is 18.1 Å². The Labute approximate surface area is 175 Å². The van der Waals surface area contributed by atoms with Crippen LogP contribution in [-0.2, 0) is 0 Å². The average molecular weight is 410 g/mol. The van der Waals surface area contributed by atoms with Gasteiger partial charge in [-0.1, -0.05) is 30.3 Å².